The van der Waals surface area contributed by atoms with Crippen molar-refractivity contribution in [2.75, 3.05) is 33.3 Å². The third-order valence-corrected chi connectivity index (χ3v) is 7.14. The predicted octanol–water partition coefficient (Wildman–Crippen LogP) is 5.35. The molecule has 1 aliphatic heterocycles. The van der Waals surface area contributed by atoms with E-state index in [4.69, 9.17) is 9.47 Å². The Labute approximate surface area is 230 Å². The number of nitrogens with zero attached hydrogens (tertiary/aromatic N) is 2. The van der Waals surface area contributed by atoms with Gasteiger partial charge in [-0.05, 0) is 67.5 Å². The Kier molecular flexibility index (Phi) is 9.04. The van der Waals surface area contributed by atoms with Crippen LogP contribution in [0.1, 0.15) is 42.1 Å². The second-order valence-corrected chi connectivity index (χ2v) is 9.59. The highest BCUT2D eigenvalue weighted by Gasteiger charge is 2.46. The van der Waals surface area contributed by atoms with Crippen LogP contribution in [0.2, 0.25) is 0 Å². The number of likely N-dealkylation sites (N-methyl/N-ethyl adjacent to an activating group) is 1. The zero-order valence-electron chi connectivity index (χ0n) is 23.0. The minimum atomic E-state index is -0.705. The number of carbonyl (C=O) groups is 2. The van der Waals surface area contributed by atoms with Crippen molar-refractivity contribution < 1.29 is 24.2 Å². The molecule has 1 fully saturated rings. The Hall–Kier alpha value is -4.10. The molecule has 0 saturated carbocycles. The van der Waals surface area contributed by atoms with Crippen LogP contribution in [0.4, 0.5) is 0 Å². The molecule has 3 aromatic carbocycles. The Morgan fingerprint density at radius 1 is 0.949 bits per heavy atom. The number of Topliss-reactive ketones (excluding diaryl/α,β-unsaturated/α-hetero) is 1. The van der Waals surface area contributed by atoms with Crippen molar-refractivity contribution in [2.45, 2.75) is 33.4 Å². The monoisotopic (exact) mass is 528 g/mol. The molecule has 4 rings (SSSR count). The van der Waals surface area contributed by atoms with E-state index in [2.05, 4.69) is 24.8 Å². The molecule has 1 heterocycles. The molecule has 1 saturated heterocycles. The van der Waals surface area contributed by atoms with E-state index in [1.165, 1.54) is 0 Å². The number of likely N-dealkylation sites (tertiary alicyclic amines) is 1. The molecule has 1 unspecified atom stereocenters. The van der Waals surface area contributed by atoms with Gasteiger partial charge >= 0.3 is 0 Å². The van der Waals surface area contributed by atoms with E-state index in [-0.39, 0.29) is 11.3 Å². The van der Waals surface area contributed by atoms with Crippen molar-refractivity contribution in [2.24, 2.45) is 0 Å². The van der Waals surface area contributed by atoms with Gasteiger partial charge in [0.2, 0.25) is 0 Å². The highest BCUT2D eigenvalue weighted by Crippen LogP contribution is 2.40. The van der Waals surface area contributed by atoms with Gasteiger partial charge in [0.05, 0.1) is 18.7 Å². The van der Waals surface area contributed by atoms with Gasteiger partial charge in [-0.1, -0.05) is 55.8 Å². The van der Waals surface area contributed by atoms with Gasteiger partial charge in [0.1, 0.15) is 23.9 Å². The highest BCUT2D eigenvalue weighted by molar-refractivity contribution is 6.46. The quantitative estimate of drug-likeness (QED) is 0.205. The number of aliphatic hydroxyl groups is 1. The summed E-state index contributed by atoms with van der Waals surface area (Å²) < 4.78 is 11.2. The van der Waals surface area contributed by atoms with E-state index in [0.717, 1.165) is 29.8 Å². The zero-order chi connectivity index (χ0) is 27.9. The molecule has 3 aromatic rings. The van der Waals surface area contributed by atoms with Gasteiger partial charge in [-0.15, -0.1) is 0 Å². The lowest BCUT2D eigenvalue weighted by Gasteiger charge is -2.28. The number of rotatable bonds is 11. The lowest BCUT2D eigenvalue weighted by molar-refractivity contribution is -0.140. The van der Waals surface area contributed by atoms with E-state index < -0.39 is 17.7 Å². The number of benzene rings is 3. The molecular formula is C32H36N2O5. The molecule has 7 nitrogen and oxygen atoms in total. The van der Waals surface area contributed by atoms with Gasteiger partial charge < -0.3 is 24.4 Å². The number of amides is 1. The molecule has 1 atom stereocenters. The summed E-state index contributed by atoms with van der Waals surface area (Å²) in [5.41, 5.74) is 3.48. The van der Waals surface area contributed by atoms with Gasteiger partial charge in [-0.25, -0.2) is 0 Å². The van der Waals surface area contributed by atoms with Crippen molar-refractivity contribution in [1.29, 1.82) is 0 Å². The molecule has 1 amide bonds. The summed E-state index contributed by atoms with van der Waals surface area (Å²) in [6.07, 6.45) is 0. The first-order valence-corrected chi connectivity index (χ1v) is 13.3. The van der Waals surface area contributed by atoms with Crippen molar-refractivity contribution in [1.82, 2.24) is 9.80 Å². The van der Waals surface area contributed by atoms with Gasteiger partial charge in [0.15, 0.2) is 0 Å². The van der Waals surface area contributed by atoms with Crippen LogP contribution in [0.15, 0.2) is 78.4 Å². The molecule has 0 radical (unpaired) electrons. The fourth-order valence-electron chi connectivity index (χ4n) is 4.87. The van der Waals surface area contributed by atoms with Gasteiger partial charge in [-0.2, -0.15) is 0 Å². The molecule has 39 heavy (non-hydrogen) atoms. The summed E-state index contributed by atoms with van der Waals surface area (Å²) in [6, 6.07) is 21.6. The summed E-state index contributed by atoms with van der Waals surface area (Å²) in [5, 5.41) is 11.4. The normalized spacial score (nSPS) is 16.6. The van der Waals surface area contributed by atoms with E-state index >= 15 is 0 Å². The van der Waals surface area contributed by atoms with Crippen molar-refractivity contribution in [3.63, 3.8) is 0 Å². The average Bonchev–Trinajstić information content (AvgIpc) is 3.21. The van der Waals surface area contributed by atoms with E-state index in [9.17, 15) is 14.7 Å². The zero-order valence-corrected chi connectivity index (χ0v) is 23.0. The average molecular weight is 529 g/mol. The van der Waals surface area contributed by atoms with Crippen LogP contribution in [-0.4, -0.2) is 59.9 Å². The van der Waals surface area contributed by atoms with Gasteiger partial charge in [-0.3, -0.25) is 9.59 Å². The molecule has 0 bridgehead atoms. The second kappa shape index (κ2) is 12.6. The molecule has 0 aliphatic carbocycles. The Morgan fingerprint density at radius 3 is 2.23 bits per heavy atom. The van der Waals surface area contributed by atoms with Crippen LogP contribution in [0.5, 0.6) is 11.5 Å². The highest BCUT2D eigenvalue weighted by atomic mass is 16.5. The summed E-state index contributed by atoms with van der Waals surface area (Å²) in [6.45, 7) is 9.25. The summed E-state index contributed by atoms with van der Waals surface area (Å²) in [5.74, 6) is -0.195. The lowest BCUT2D eigenvalue weighted by atomic mass is 9.95. The molecule has 7 heteroatoms. The standard InChI is InChI=1S/C32H36N2O5/c1-5-33(6-2)18-19-34-29(24-10-14-26(38-4)15-11-24)28(31(36)32(34)37)30(35)25-12-16-27(17-13-25)39-21-23-9-7-8-22(3)20-23/h7-17,20,29,35H,5-6,18-19,21H2,1-4H3. The topological polar surface area (TPSA) is 79.3 Å². The third kappa shape index (κ3) is 6.32. The maximum absolute atomic E-state index is 13.3. The van der Waals surface area contributed by atoms with E-state index in [1.54, 1.807) is 48.4 Å². The maximum atomic E-state index is 13.3. The predicted molar refractivity (Wildman–Crippen MR) is 152 cm³/mol. The molecular weight excluding hydrogens is 492 g/mol. The molecule has 0 aromatic heterocycles. The fraction of sp³-hybridized carbons (Fsp3) is 0.312. The lowest BCUT2D eigenvalue weighted by Crippen LogP contribution is -2.38. The van der Waals surface area contributed by atoms with Crippen molar-refractivity contribution in [3.05, 3.63) is 101 Å². The first-order chi connectivity index (χ1) is 18.9. The smallest absolute Gasteiger partial charge is 0.295 e. The number of ketones is 1. The number of ether oxygens (including phenoxy) is 2. The third-order valence-electron chi connectivity index (χ3n) is 7.14. The first-order valence-electron chi connectivity index (χ1n) is 13.3. The number of methoxy groups -OCH3 is 1. The number of hydrogen-bond donors (Lipinski definition) is 1. The van der Waals surface area contributed by atoms with Crippen molar-refractivity contribution in [3.8, 4) is 11.5 Å². The van der Waals surface area contributed by atoms with Crippen LogP contribution >= 0.6 is 0 Å². The summed E-state index contributed by atoms with van der Waals surface area (Å²) in [7, 11) is 1.58. The molecule has 204 valence electrons. The Morgan fingerprint density at radius 2 is 1.62 bits per heavy atom. The SMILES string of the molecule is CCN(CC)CCN1C(=O)C(=O)C(=C(O)c2ccc(OCc3cccc(C)c3)cc2)C1c1ccc(OC)cc1. The first kappa shape index (κ1) is 27.9. The van der Waals surface area contributed by atoms with Crippen LogP contribution in [0.3, 0.4) is 0 Å². The van der Waals surface area contributed by atoms with E-state index in [1.807, 2.05) is 37.3 Å². The minimum Gasteiger partial charge on any atom is -0.507 e. The maximum Gasteiger partial charge on any atom is 0.295 e. The van der Waals surface area contributed by atoms with Crippen LogP contribution in [0.25, 0.3) is 5.76 Å². The molecule has 0 spiro atoms. The fourth-order valence-corrected chi connectivity index (χ4v) is 4.87. The van der Waals surface area contributed by atoms with Gasteiger partial charge in [0.25, 0.3) is 11.7 Å². The minimum absolute atomic E-state index is 0.0816. The molecule has 1 aliphatic rings. The number of carbonyl (C=O) groups excluding carboxylic acids is 2. The Bertz CT molecular complexity index is 1330. The number of aryl methyl sites for hydroxylation is 1. The number of aliphatic hydroxyl groups excluding tert-OH is 1. The number of hydrogen-bond acceptors (Lipinski definition) is 6. The largest absolute Gasteiger partial charge is 0.507 e. The summed E-state index contributed by atoms with van der Waals surface area (Å²) >= 11 is 0. The Balaban J connectivity index is 1.64. The van der Waals surface area contributed by atoms with Crippen molar-refractivity contribution >= 4 is 17.4 Å². The summed E-state index contributed by atoms with van der Waals surface area (Å²) in [4.78, 5) is 30.3. The van der Waals surface area contributed by atoms with Crippen LogP contribution in [0, 0.1) is 6.92 Å². The second-order valence-electron chi connectivity index (χ2n) is 9.59. The van der Waals surface area contributed by atoms with Crippen LogP contribution < -0.4 is 9.47 Å². The van der Waals surface area contributed by atoms with Crippen LogP contribution in [-0.2, 0) is 16.2 Å². The van der Waals surface area contributed by atoms with Gasteiger partial charge in [0, 0.05) is 18.7 Å². The van der Waals surface area contributed by atoms with E-state index in [0.29, 0.717) is 36.8 Å². The molecule has 1 N–H and O–H groups in total.